The molecule has 0 saturated heterocycles. The van der Waals surface area contributed by atoms with Gasteiger partial charge in [0, 0.05) is 12.1 Å². The summed E-state index contributed by atoms with van der Waals surface area (Å²) in [5, 5.41) is 13.7. The van der Waals surface area contributed by atoms with E-state index in [1.807, 2.05) is 30.3 Å². The number of carbonyl (C=O) groups is 1. The van der Waals surface area contributed by atoms with Gasteiger partial charge < -0.3 is 15.3 Å². The molecular weight excluding hydrogens is 355 g/mol. The van der Waals surface area contributed by atoms with Crippen molar-refractivity contribution in [1.82, 2.24) is 5.32 Å². The lowest BCUT2D eigenvalue weighted by Gasteiger charge is -2.33. The van der Waals surface area contributed by atoms with Crippen LogP contribution in [0.15, 0.2) is 48.5 Å². The Balaban J connectivity index is 0.00000243. The molecule has 0 unspecified atom stereocenters. The fourth-order valence-corrected chi connectivity index (χ4v) is 3.64. The summed E-state index contributed by atoms with van der Waals surface area (Å²) < 4.78 is 14.5. The highest BCUT2D eigenvalue weighted by Gasteiger charge is 2.49. The Labute approximate surface area is 159 Å². The number of likely N-dealkylation sites (N-methyl/N-ethyl adjacent to an activating group) is 1. The molecule has 0 aliphatic carbocycles. The van der Waals surface area contributed by atoms with Crippen LogP contribution in [0.4, 0.5) is 10.1 Å². The first-order valence-electron chi connectivity index (χ1n) is 8.40. The Morgan fingerprint density at radius 2 is 1.81 bits per heavy atom. The number of carbonyl (C=O) groups excluding carboxylic acids is 1. The molecule has 0 fully saturated rings. The van der Waals surface area contributed by atoms with Gasteiger partial charge >= 0.3 is 0 Å². The maximum Gasteiger partial charge on any atom is 0.237 e. The monoisotopic (exact) mass is 378 g/mol. The summed E-state index contributed by atoms with van der Waals surface area (Å²) in [6, 6.07) is 13.5. The molecule has 3 rings (SSSR count). The normalized spacial score (nSPS) is 17.4. The van der Waals surface area contributed by atoms with Crippen LogP contribution in [0.1, 0.15) is 31.0 Å². The number of rotatable bonds is 5. The lowest BCUT2D eigenvalue weighted by atomic mass is 9.86. The van der Waals surface area contributed by atoms with Gasteiger partial charge in [-0.15, -0.1) is 12.4 Å². The van der Waals surface area contributed by atoms with E-state index >= 15 is 0 Å². The minimum absolute atomic E-state index is 0. The van der Waals surface area contributed by atoms with Crippen LogP contribution in [0.5, 0.6) is 0 Å². The Bertz CT molecular complexity index is 783. The van der Waals surface area contributed by atoms with Crippen LogP contribution in [0.25, 0.3) is 0 Å². The van der Waals surface area contributed by atoms with Crippen molar-refractivity contribution in [3.8, 4) is 0 Å². The highest BCUT2D eigenvalue weighted by Crippen LogP contribution is 2.47. The molecule has 0 saturated carbocycles. The lowest BCUT2D eigenvalue weighted by molar-refractivity contribution is -0.123. The average Bonchev–Trinajstić information content (AvgIpc) is 2.78. The van der Waals surface area contributed by atoms with Crippen molar-refractivity contribution in [2.24, 2.45) is 0 Å². The second-order valence-corrected chi connectivity index (χ2v) is 6.91. The van der Waals surface area contributed by atoms with E-state index in [1.54, 1.807) is 37.9 Å². The Morgan fingerprint density at radius 3 is 2.42 bits per heavy atom. The van der Waals surface area contributed by atoms with Crippen molar-refractivity contribution in [3.63, 3.8) is 0 Å². The Morgan fingerprint density at radius 1 is 1.15 bits per heavy atom. The van der Waals surface area contributed by atoms with Gasteiger partial charge in [0.15, 0.2) is 0 Å². The highest BCUT2D eigenvalue weighted by atomic mass is 35.5. The second-order valence-electron chi connectivity index (χ2n) is 6.91. The van der Waals surface area contributed by atoms with E-state index in [0.29, 0.717) is 17.8 Å². The number of nitrogens with zero attached hydrogens (tertiary/aromatic N) is 1. The number of benzene rings is 2. The second kappa shape index (κ2) is 7.74. The van der Waals surface area contributed by atoms with E-state index in [2.05, 4.69) is 5.32 Å². The molecule has 2 aromatic carbocycles. The number of hydrogen-bond donors (Lipinski definition) is 2. The van der Waals surface area contributed by atoms with Gasteiger partial charge in [-0.25, -0.2) is 4.39 Å². The van der Waals surface area contributed by atoms with E-state index in [-0.39, 0.29) is 18.3 Å². The van der Waals surface area contributed by atoms with Gasteiger partial charge in [0.25, 0.3) is 0 Å². The van der Waals surface area contributed by atoms with E-state index in [1.165, 1.54) is 6.07 Å². The van der Waals surface area contributed by atoms with Crippen LogP contribution < -0.4 is 10.2 Å². The van der Waals surface area contributed by atoms with Gasteiger partial charge in [0.2, 0.25) is 5.91 Å². The van der Waals surface area contributed by atoms with Crippen molar-refractivity contribution in [2.45, 2.75) is 31.4 Å². The summed E-state index contributed by atoms with van der Waals surface area (Å²) in [5.74, 6) is -0.607. The molecule has 26 heavy (non-hydrogen) atoms. The Hall–Kier alpha value is -1.95. The zero-order valence-electron chi connectivity index (χ0n) is 15.1. The van der Waals surface area contributed by atoms with E-state index in [9.17, 15) is 14.3 Å². The number of anilines is 1. The van der Waals surface area contributed by atoms with Crippen LogP contribution >= 0.6 is 12.4 Å². The van der Waals surface area contributed by atoms with Crippen LogP contribution in [-0.4, -0.2) is 30.7 Å². The third-order valence-electron chi connectivity index (χ3n) is 4.83. The number of hydrogen-bond acceptors (Lipinski definition) is 3. The first-order valence-corrected chi connectivity index (χ1v) is 8.40. The minimum Gasteiger partial charge on any atom is -0.389 e. The van der Waals surface area contributed by atoms with E-state index in [4.69, 9.17) is 0 Å². The van der Waals surface area contributed by atoms with Crippen LogP contribution in [0, 0.1) is 5.82 Å². The molecule has 2 aromatic rings. The average molecular weight is 379 g/mol. The van der Waals surface area contributed by atoms with Crippen molar-refractivity contribution < 1.29 is 14.3 Å². The van der Waals surface area contributed by atoms with Gasteiger partial charge in [-0.3, -0.25) is 4.79 Å². The molecule has 1 amide bonds. The first kappa shape index (κ1) is 20.4. The summed E-state index contributed by atoms with van der Waals surface area (Å²) >= 11 is 0. The molecule has 0 bridgehead atoms. The molecule has 6 heteroatoms. The van der Waals surface area contributed by atoms with Crippen molar-refractivity contribution >= 4 is 24.0 Å². The zero-order chi connectivity index (χ0) is 18.2. The van der Waals surface area contributed by atoms with Crippen LogP contribution in [-0.2, 0) is 10.2 Å². The summed E-state index contributed by atoms with van der Waals surface area (Å²) in [7, 11) is 1.74. The quantitative estimate of drug-likeness (QED) is 0.840. The van der Waals surface area contributed by atoms with Crippen LogP contribution in [0.2, 0.25) is 0 Å². The smallest absolute Gasteiger partial charge is 0.237 e. The van der Waals surface area contributed by atoms with Crippen LogP contribution in [0.3, 0.4) is 0 Å². The van der Waals surface area contributed by atoms with Gasteiger partial charge in [0.05, 0.1) is 23.2 Å². The molecule has 0 spiro atoms. The molecule has 1 aliphatic heterocycles. The molecular formula is C20H24ClFN2O2. The summed E-state index contributed by atoms with van der Waals surface area (Å²) in [4.78, 5) is 14.7. The molecule has 0 radical (unpaired) electrons. The van der Waals surface area contributed by atoms with E-state index in [0.717, 1.165) is 5.56 Å². The number of aliphatic hydroxyl groups is 1. The molecule has 140 valence electrons. The van der Waals surface area contributed by atoms with Gasteiger partial charge in [-0.05, 0) is 38.6 Å². The van der Waals surface area contributed by atoms with Crippen molar-refractivity contribution in [1.29, 1.82) is 0 Å². The predicted molar refractivity (Wildman–Crippen MR) is 103 cm³/mol. The highest BCUT2D eigenvalue weighted by molar-refractivity contribution is 6.08. The summed E-state index contributed by atoms with van der Waals surface area (Å²) in [5.41, 5.74) is 0.746. The largest absolute Gasteiger partial charge is 0.389 e. The van der Waals surface area contributed by atoms with Crippen molar-refractivity contribution in [2.75, 3.05) is 18.5 Å². The van der Waals surface area contributed by atoms with Crippen molar-refractivity contribution in [3.05, 3.63) is 65.5 Å². The number of halogens is 2. The molecule has 0 aromatic heterocycles. The lowest BCUT2D eigenvalue weighted by Crippen LogP contribution is -2.45. The third-order valence-corrected chi connectivity index (χ3v) is 4.83. The maximum atomic E-state index is 14.5. The van der Waals surface area contributed by atoms with E-state index < -0.39 is 23.4 Å². The van der Waals surface area contributed by atoms with Gasteiger partial charge in [-0.1, -0.05) is 36.4 Å². The number of nitrogens with one attached hydrogen (secondary N) is 1. The third kappa shape index (κ3) is 3.22. The SMILES string of the molecule is CNC[C@H](O)[C@H](c1ccccc1)N1C(=O)C(C)(C)c2c(F)cccc21.Cl. The van der Waals surface area contributed by atoms with Gasteiger partial charge in [0.1, 0.15) is 5.82 Å². The molecule has 1 aliphatic rings. The molecule has 1 heterocycles. The number of aliphatic hydroxyl groups excluding tert-OH is 1. The standard InChI is InChI=1S/C20H23FN2O2.ClH/c1-20(2)17-14(21)10-7-11-15(17)23(19(20)25)18(16(24)12-22-3)13-8-5-4-6-9-13;/h4-11,16,18,22,24H,12H2,1-3H3;1H/t16-,18-;/m0./s1. The maximum absolute atomic E-state index is 14.5. The Kier molecular flexibility index (Phi) is 6.06. The zero-order valence-corrected chi connectivity index (χ0v) is 15.9. The minimum atomic E-state index is -0.979. The summed E-state index contributed by atoms with van der Waals surface area (Å²) in [6.07, 6.45) is -0.832. The number of fused-ring (bicyclic) bond motifs is 1. The predicted octanol–water partition coefficient (Wildman–Crippen LogP) is 3.19. The molecule has 4 nitrogen and oxygen atoms in total. The molecule has 2 atom stereocenters. The first-order chi connectivity index (χ1) is 11.9. The fourth-order valence-electron chi connectivity index (χ4n) is 3.64. The number of amides is 1. The fraction of sp³-hybridized carbons (Fsp3) is 0.350. The summed E-state index contributed by atoms with van der Waals surface area (Å²) in [6.45, 7) is 3.77. The molecule has 2 N–H and O–H groups in total. The topological polar surface area (TPSA) is 52.6 Å². The van der Waals surface area contributed by atoms with Gasteiger partial charge in [-0.2, -0.15) is 0 Å².